The van der Waals surface area contributed by atoms with Crippen molar-refractivity contribution in [2.75, 3.05) is 4.90 Å². The maximum Gasteiger partial charge on any atom is 0.299 e. The number of carbonyl (C=O) groups is 2. The van der Waals surface area contributed by atoms with Crippen LogP contribution in [0.4, 0.5) is 10.1 Å². The van der Waals surface area contributed by atoms with Crippen molar-refractivity contribution in [3.8, 4) is 0 Å². The first-order chi connectivity index (χ1) is 10.1. The maximum absolute atomic E-state index is 13.4. The Hall–Kier alpha value is -2.50. The van der Waals surface area contributed by atoms with E-state index in [0.29, 0.717) is 5.69 Å². The van der Waals surface area contributed by atoms with Gasteiger partial charge < -0.3 is 4.57 Å². The summed E-state index contributed by atoms with van der Waals surface area (Å²) in [4.78, 5) is 29.4. The van der Waals surface area contributed by atoms with Crippen LogP contribution in [0.25, 0.3) is 0 Å². The molecule has 1 amide bonds. The summed E-state index contributed by atoms with van der Waals surface area (Å²) >= 11 is 0. The molecule has 5 nitrogen and oxygen atoms in total. The highest BCUT2D eigenvalue weighted by Crippen LogP contribution is 2.30. The third-order valence-electron chi connectivity index (χ3n) is 3.52. The molecule has 0 radical (unpaired) electrons. The van der Waals surface area contributed by atoms with Gasteiger partial charge in [-0.15, -0.1) is 0 Å². The second kappa shape index (κ2) is 5.12. The number of halogens is 1. The van der Waals surface area contributed by atoms with Gasteiger partial charge in [0.25, 0.3) is 11.7 Å². The van der Waals surface area contributed by atoms with Crippen LogP contribution >= 0.6 is 0 Å². The van der Waals surface area contributed by atoms with Crippen molar-refractivity contribution in [2.45, 2.75) is 26.4 Å². The van der Waals surface area contributed by atoms with E-state index in [2.05, 4.69) is 4.98 Å². The fraction of sp³-hybridized carbons (Fsp3) is 0.267. The van der Waals surface area contributed by atoms with Crippen molar-refractivity contribution >= 4 is 17.4 Å². The van der Waals surface area contributed by atoms with Crippen LogP contribution in [-0.4, -0.2) is 21.2 Å². The molecule has 3 rings (SSSR count). The molecule has 108 valence electrons. The molecule has 1 aliphatic rings. The minimum atomic E-state index is -0.625. The largest absolute Gasteiger partial charge is 0.333 e. The molecule has 0 N–H and O–H groups in total. The Morgan fingerprint density at radius 2 is 2.10 bits per heavy atom. The van der Waals surface area contributed by atoms with Gasteiger partial charge in [-0.05, 0) is 24.6 Å². The molecule has 0 spiro atoms. The number of benzene rings is 1. The minimum Gasteiger partial charge on any atom is -0.333 e. The molecule has 2 heterocycles. The first kappa shape index (κ1) is 13.5. The summed E-state index contributed by atoms with van der Waals surface area (Å²) in [7, 11) is 0. The maximum atomic E-state index is 13.4. The zero-order chi connectivity index (χ0) is 15.0. The number of aromatic nitrogens is 2. The molecule has 1 aromatic carbocycles. The molecule has 0 saturated heterocycles. The summed E-state index contributed by atoms with van der Waals surface area (Å²) in [6.07, 6.45) is 4.28. The third kappa shape index (κ3) is 2.22. The number of hydrogen-bond acceptors (Lipinski definition) is 3. The molecule has 0 aliphatic carbocycles. The topological polar surface area (TPSA) is 55.2 Å². The lowest BCUT2D eigenvalue weighted by Crippen LogP contribution is -2.30. The monoisotopic (exact) mass is 287 g/mol. The quantitative estimate of drug-likeness (QED) is 0.810. The van der Waals surface area contributed by atoms with Crippen molar-refractivity contribution in [1.29, 1.82) is 0 Å². The molecule has 0 atom stereocenters. The van der Waals surface area contributed by atoms with E-state index in [1.54, 1.807) is 12.5 Å². The van der Waals surface area contributed by atoms with Gasteiger partial charge in [0.05, 0.1) is 29.8 Å². The predicted molar refractivity (Wildman–Crippen MR) is 74.4 cm³/mol. The van der Waals surface area contributed by atoms with Crippen LogP contribution in [0.15, 0.2) is 30.7 Å². The molecule has 0 saturated carbocycles. The molecule has 21 heavy (non-hydrogen) atoms. The van der Waals surface area contributed by atoms with Crippen molar-refractivity contribution in [3.63, 3.8) is 0 Å². The number of fused-ring (bicyclic) bond motifs is 1. The van der Waals surface area contributed by atoms with Gasteiger partial charge >= 0.3 is 0 Å². The lowest BCUT2D eigenvalue weighted by atomic mass is 10.1. The van der Waals surface area contributed by atoms with Gasteiger partial charge in [0.2, 0.25) is 0 Å². The number of rotatable bonds is 4. The van der Waals surface area contributed by atoms with Crippen LogP contribution in [-0.2, 0) is 17.9 Å². The van der Waals surface area contributed by atoms with E-state index in [1.165, 1.54) is 23.1 Å². The van der Waals surface area contributed by atoms with E-state index in [1.807, 2.05) is 11.5 Å². The second-order valence-electron chi connectivity index (χ2n) is 4.96. The Bertz CT molecular complexity index is 723. The van der Waals surface area contributed by atoms with Crippen LogP contribution in [0.3, 0.4) is 0 Å². The molecular weight excluding hydrogens is 273 g/mol. The summed E-state index contributed by atoms with van der Waals surface area (Å²) in [5.41, 5.74) is 1.40. The van der Waals surface area contributed by atoms with E-state index < -0.39 is 17.5 Å². The highest BCUT2D eigenvalue weighted by Gasteiger charge is 2.36. The molecule has 1 aromatic heterocycles. The van der Waals surface area contributed by atoms with Crippen LogP contribution in [0, 0.1) is 5.82 Å². The zero-order valence-corrected chi connectivity index (χ0v) is 11.5. The van der Waals surface area contributed by atoms with Crippen LogP contribution in [0.5, 0.6) is 0 Å². The van der Waals surface area contributed by atoms with Crippen molar-refractivity contribution in [2.24, 2.45) is 0 Å². The lowest BCUT2D eigenvalue weighted by molar-refractivity contribution is -0.114. The smallest absolute Gasteiger partial charge is 0.299 e. The number of carbonyl (C=O) groups excluding carboxylic acids is 2. The summed E-state index contributed by atoms with van der Waals surface area (Å²) in [5.74, 6) is -1.69. The molecule has 2 aromatic rings. The van der Waals surface area contributed by atoms with Crippen LogP contribution in [0.2, 0.25) is 0 Å². The number of nitrogens with zero attached hydrogens (tertiary/aromatic N) is 3. The molecule has 0 fully saturated rings. The summed E-state index contributed by atoms with van der Waals surface area (Å²) < 4.78 is 15.3. The van der Waals surface area contributed by atoms with Gasteiger partial charge in [0, 0.05) is 12.7 Å². The first-order valence-electron chi connectivity index (χ1n) is 6.76. The number of amides is 1. The summed E-state index contributed by atoms with van der Waals surface area (Å²) in [5, 5.41) is 0. The van der Waals surface area contributed by atoms with Crippen LogP contribution in [0.1, 0.15) is 29.4 Å². The number of hydrogen-bond donors (Lipinski definition) is 0. The Morgan fingerprint density at radius 1 is 1.29 bits per heavy atom. The normalized spacial score (nSPS) is 13.9. The van der Waals surface area contributed by atoms with E-state index in [9.17, 15) is 14.0 Å². The molecule has 1 aliphatic heterocycles. The highest BCUT2D eigenvalue weighted by atomic mass is 19.1. The number of Topliss-reactive ketones (excluding diaryl/α,β-unsaturated/α-hetero) is 1. The highest BCUT2D eigenvalue weighted by molar-refractivity contribution is 6.52. The van der Waals surface area contributed by atoms with Gasteiger partial charge in [-0.2, -0.15) is 0 Å². The molecule has 0 bridgehead atoms. The van der Waals surface area contributed by atoms with E-state index in [4.69, 9.17) is 0 Å². The van der Waals surface area contributed by atoms with E-state index in [0.717, 1.165) is 18.7 Å². The molecule has 0 unspecified atom stereocenters. The summed E-state index contributed by atoms with van der Waals surface area (Å²) in [6.45, 7) is 3.03. The fourth-order valence-corrected chi connectivity index (χ4v) is 2.51. The fourth-order valence-electron chi connectivity index (χ4n) is 2.51. The summed E-state index contributed by atoms with van der Waals surface area (Å²) in [6, 6.07) is 3.77. The van der Waals surface area contributed by atoms with Gasteiger partial charge in [-0.3, -0.25) is 14.5 Å². The van der Waals surface area contributed by atoms with Crippen molar-refractivity contribution in [3.05, 3.63) is 47.8 Å². The Morgan fingerprint density at radius 3 is 2.86 bits per heavy atom. The van der Waals surface area contributed by atoms with Gasteiger partial charge in [0.1, 0.15) is 5.82 Å². The Balaban J connectivity index is 1.96. The van der Waals surface area contributed by atoms with Gasteiger partial charge in [0.15, 0.2) is 0 Å². The Labute approximate surface area is 121 Å². The number of aryl methyl sites for hydroxylation is 1. The number of ketones is 1. The number of imidazole rings is 1. The van der Waals surface area contributed by atoms with Crippen LogP contribution < -0.4 is 4.90 Å². The third-order valence-corrected chi connectivity index (χ3v) is 3.52. The minimum absolute atomic E-state index is 0.209. The predicted octanol–water partition coefficient (Wildman–Crippen LogP) is 2.16. The van der Waals surface area contributed by atoms with E-state index in [-0.39, 0.29) is 12.1 Å². The standard InChI is InChI=1S/C15H14FN3O2/c1-2-5-18-9-17-7-11(18)8-19-13-6-10(16)3-4-12(13)14(20)15(19)21/h3-4,6-7,9H,2,5,8H2,1H3. The average Bonchev–Trinajstić information content (AvgIpc) is 2.99. The van der Waals surface area contributed by atoms with Crippen molar-refractivity contribution in [1.82, 2.24) is 9.55 Å². The molecular formula is C15H14FN3O2. The zero-order valence-electron chi connectivity index (χ0n) is 11.5. The molecule has 6 heteroatoms. The first-order valence-corrected chi connectivity index (χ1v) is 6.76. The van der Waals surface area contributed by atoms with Gasteiger partial charge in [-0.25, -0.2) is 9.37 Å². The Kier molecular flexibility index (Phi) is 3.29. The number of anilines is 1. The SMILES string of the molecule is CCCn1cncc1CN1C(=O)C(=O)c2ccc(F)cc21. The van der Waals surface area contributed by atoms with E-state index >= 15 is 0 Å². The lowest BCUT2D eigenvalue weighted by Gasteiger charge is -2.17. The van der Waals surface area contributed by atoms with Gasteiger partial charge in [-0.1, -0.05) is 6.92 Å². The van der Waals surface area contributed by atoms with Crippen molar-refractivity contribution < 1.29 is 14.0 Å². The average molecular weight is 287 g/mol. The second-order valence-corrected chi connectivity index (χ2v) is 4.96.